The molecule has 1 atom stereocenters. The van der Waals surface area contributed by atoms with Crippen LogP contribution in [0.1, 0.15) is 18.1 Å². The Hall–Kier alpha value is -1.17. The van der Waals surface area contributed by atoms with Crippen molar-refractivity contribution in [3.8, 4) is 5.75 Å². The van der Waals surface area contributed by atoms with Gasteiger partial charge in [0.2, 0.25) is 0 Å². The Morgan fingerprint density at radius 2 is 2.18 bits per heavy atom. The third-order valence-corrected chi connectivity index (χ3v) is 2.68. The largest absolute Gasteiger partial charge is 0.494 e. The highest BCUT2D eigenvalue weighted by Crippen LogP contribution is 2.28. The Kier molecular flexibility index (Phi) is 3.93. The SMILES string of the molecule is COc1cccc(C(O)CC2OCCO2)c1F. The molecular weight excluding hydrogens is 227 g/mol. The van der Waals surface area contributed by atoms with E-state index in [0.29, 0.717) is 13.2 Å². The van der Waals surface area contributed by atoms with Gasteiger partial charge < -0.3 is 19.3 Å². The molecule has 1 aromatic carbocycles. The maximum Gasteiger partial charge on any atom is 0.170 e. The molecule has 1 unspecified atom stereocenters. The van der Waals surface area contributed by atoms with Gasteiger partial charge in [0, 0.05) is 12.0 Å². The fourth-order valence-corrected chi connectivity index (χ4v) is 1.80. The highest BCUT2D eigenvalue weighted by atomic mass is 19.1. The van der Waals surface area contributed by atoms with Crippen LogP contribution in [-0.4, -0.2) is 31.7 Å². The second kappa shape index (κ2) is 5.44. The molecule has 2 rings (SSSR count). The lowest BCUT2D eigenvalue weighted by atomic mass is 10.1. The van der Waals surface area contributed by atoms with Crippen LogP contribution in [-0.2, 0) is 9.47 Å². The van der Waals surface area contributed by atoms with E-state index >= 15 is 0 Å². The molecule has 1 aromatic rings. The van der Waals surface area contributed by atoms with Crippen LogP contribution in [0.4, 0.5) is 4.39 Å². The molecule has 94 valence electrons. The van der Waals surface area contributed by atoms with Gasteiger partial charge in [-0.1, -0.05) is 12.1 Å². The van der Waals surface area contributed by atoms with Crippen molar-refractivity contribution in [3.05, 3.63) is 29.6 Å². The number of halogens is 1. The molecule has 1 saturated heterocycles. The maximum atomic E-state index is 13.8. The standard InChI is InChI=1S/C12H15FO4/c1-15-10-4-2-3-8(12(10)13)9(14)7-11-16-5-6-17-11/h2-4,9,11,14H,5-7H2,1H3. The predicted molar refractivity (Wildman–Crippen MR) is 58.2 cm³/mol. The van der Waals surface area contributed by atoms with Crippen molar-refractivity contribution in [2.45, 2.75) is 18.8 Å². The summed E-state index contributed by atoms with van der Waals surface area (Å²) in [6, 6.07) is 4.67. The van der Waals surface area contributed by atoms with Crippen LogP contribution in [0.2, 0.25) is 0 Å². The average molecular weight is 242 g/mol. The Balaban J connectivity index is 2.09. The molecule has 1 fully saturated rings. The van der Waals surface area contributed by atoms with E-state index in [9.17, 15) is 9.50 Å². The molecule has 0 aliphatic carbocycles. The summed E-state index contributed by atoms with van der Waals surface area (Å²) < 4.78 is 29.1. The minimum absolute atomic E-state index is 0.120. The van der Waals surface area contributed by atoms with Gasteiger partial charge in [-0.15, -0.1) is 0 Å². The average Bonchev–Trinajstić information content (AvgIpc) is 2.82. The molecule has 5 heteroatoms. The van der Waals surface area contributed by atoms with Crippen LogP contribution in [0, 0.1) is 5.82 Å². The maximum absolute atomic E-state index is 13.8. The van der Waals surface area contributed by atoms with Crippen LogP contribution in [0.3, 0.4) is 0 Å². The van der Waals surface area contributed by atoms with Gasteiger partial charge in [0.25, 0.3) is 0 Å². The fraction of sp³-hybridized carbons (Fsp3) is 0.500. The van der Waals surface area contributed by atoms with Gasteiger partial charge in [0.1, 0.15) is 0 Å². The van der Waals surface area contributed by atoms with Crippen molar-refractivity contribution >= 4 is 0 Å². The third kappa shape index (κ3) is 2.74. The molecule has 0 amide bonds. The van der Waals surface area contributed by atoms with Gasteiger partial charge >= 0.3 is 0 Å². The minimum Gasteiger partial charge on any atom is -0.494 e. The van der Waals surface area contributed by atoms with E-state index in [0.717, 1.165) is 0 Å². The lowest BCUT2D eigenvalue weighted by Crippen LogP contribution is -2.14. The van der Waals surface area contributed by atoms with Gasteiger partial charge in [0.05, 0.1) is 26.4 Å². The fourth-order valence-electron chi connectivity index (χ4n) is 1.80. The second-order valence-corrected chi connectivity index (χ2v) is 3.79. The van der Waals surface area contributed by atoms with Crippen molar-refractivity contribution in [3.63, 3.8) is 0 Å². The molecule has 1 heterocycles. The van der Waals surface area contributed by atoms with E-state index in [4.69, 9.17) is 14.2 Å². The monoisotopic (exact) mass is 242 g/mol. The topological polar surface area (TPSA) is 47.9 Å². The minimum atomic E-state index is -0.965. The Morgan fingerprint density at radius 1 is 1.47 bits per heavy atom. The number of hydrogen-bond acceptors (Lipinski definition) is 4. The van der Waals surface area contributed by atoms with Gasteiger partial charge in [-0.05, 0) is 6.07 Å². The molecule has 0 aromatic heterocycles. The van der Waals surface area contributed by atoms with Crippen molar-refractivity contribution in [2.24, 2.45) is 0 Å². The van der Waals surface area contributed by atoms with E-state index < -0.39 is 18.2 Å². The predicted octanol–water partition coefficient (Wildman–Crippen LogP) is 1.63. The van der Waals surface area contributed by atoms with Crippen molar-refractivity contribution in [2.75, 3.05) is 20.3 Å². The molecule has 1 aliphatic rings. The molecule has 1 N–H and O–H groups in total. The summed E-state index contributed by atoms with van der Waals surface area (Å²) in [7, 11) is 1.39. The summed E-state index contributed by atoms with van der Waals surface area (Å²) in [4.78, 5) is 0. The van der Waals surface area contributed by atoms with E-state index in [1.165, 1.54) is 19.2 Å². The number of hydrogen-bond donors (Lipinski definition) is 1. The van der Waals surface area contributed by atoms with Crippen LogP contribution in [0.5, 0.6) is 5.75 Å². The molecule has 0 radical (unpaired) electrons. The number of ether oxygens (including phenoxy) is 3. The number of benzene rings is 1. The van der Waals surface area contributed by atoms with E-state index in [1.807, 2.05) is 0 Å². The van der Waals surface area contributed by atoms with E-state index in [2.05, 4.69) is 0 Å². The molecule has 1 aliphatic heterocycles. The zero-order chi connectivity index (χ0) is 12.3. The summed E-state index contributed by atoms with van der Waals surface area (Å²) >= 11 is 0. The molecule has 0 saturated carbocycles. The lowest BCUT2D eigenvalue weighted by molar-refractivity contribution is -0.0712. The number of methoxy groups -OCH3 is 1. The Morgan fingerprint density at radius 3 is 2.82 bits per heavy atom. The molecule has 0 bridgehead atoms. The second-order valence-electron chi connectivity index (χ2n) is 3.79. The van der Waals surface area contributed by atoms with Crippen LogP contribution in [0.15, 0.2) is 18.2 Å². The normalized spacial score (nSPS) is 18.3. The molecule has 0 spiro atoms. The smallest absolute Gasteiger partial charge is 0.170 e. The van der Waals surface area contributed by atoms with Crippen molar-refractivity contribution in [1.82, 2.24) is 0 Å². The zero-order valence-electron chi connectivity index (χ0n) is 9.56. The third-order valence-electron chi connectivity index (χ3n) is 2.68. The van der Waals surface area contributed by atoms with Gasteiger partial charge in [-0.2, -0.15) is 0 Å². The molecular formula is C12H15FO4. The summed E-state index contributed by atoms with van der Waals surface area (Å²) in [5, 5.41) is 9.93. The first-order valence-electron chi connectivity index (χ1n) is 5.46. The highest BCUT2D eigenvalue weighted by Gasteiger charge is 2.23. The summed E-state index contributed by atoms with van der Waals surface area (Å²) in [6.07, 6.45) is -1.21. The summed E-state index contributed by atoms with van der Waals surface area (Å²) in [6.45, 7) is 1.02. The van der Waals surface area contributed by atoms with Gasteiger partial charge in [-0.3, -0.25) is 0 Å². The lowest BCUT2D eigenvalue weighted by Gasteiger charge is -2.16. The number of rotatable bonds is 4. The van der Waals surface area contributed by atoms with Crippen molar-refractivity contribution in [1.29, 1.82) is 0 Å². The van der Waals surface area contributed by atoms with E-state index in [1.54, 1.807) is 6.07 Å². The Labute approximate surface area is 98.9 Å². The first-order valence-corrected chi connectivity index (χ1v) is 5.46. The summed E-state index contributed by atoms with van der Waals surface area (Å²) in [5.74, 6) is -0.421. The quantitative estimate of drug-likeness (QED) is 0.871. The highest BCUT2D eigenvalue weighted by molar-refractivity contribution is 5.32. The first-order chi connectivity index (χ1) is 8.22. The molecule has 17 heavy (non-hydrogen) atoms. The van der Waals surface area contributed by atoms with Crippen LogP contribution < -0.4 is 4.74 Å². The van der Waals surface area contributed by atoms with E-state index in [-0.39, 0.29) is 17.7 Å². The van der Waals surface area contributed by atoms with Crippen molar-refractivity contribution < 1.29 is 23.7 Å². The first kappa shape index (κ1) is 12.3. The van der Waals surface area contributed by atoms with Gasteiger partial charge in [-0.25, -0.2) is 4.39 Å². The number of aliphatic hydroxyl groups excluding tert-OH is 1. The summed E-state index contributed by atoms with van der Waals surface area (Å²) in [5.41, 5.74) is 0.198. The Bertz CT molecular complexity index is 377. The van der Waals surface area contributed by atoms with Crippen LogP contribution in [0.25, 0.3) is 0 Å². The number of aliphatic hydroxyl groups is 1. The van der Waals surface area contributed by atoms with Crippen LogP contribution >= 0.6 is 0 Å². The zero-order valence-corrected chi connectivity index (χ0v) is 9.56. The van der Waals surface area contributed by atoms with Gasteiger partial charge in [0.15, 0.2) is 17.9 Å². The molecule has 4 nitrogen and oxygen atoms in total.